The van der Waals surface area contributed by atoms with Crippen LogP contribution in [0.15, 0.2) is 27.7 Å². The first-order chi connectivity index (χ1) is 10.5. The van der Waals surface area contributed by atoms with Crippen LogP contribution in [-0.2, 0) is 4.79 Å². The predicted octanol–water partition coefficient (Wildman–Crippen LogP) is 3.28. The van der Waals surface area contributed by atoms with Gasteiger partial charge in [0.05, 0.1) is 0 Å². The fourth-order valence-corrected chi connectivity index (χ4v) is 2.64. The second-order valence-electron chi connectivity index (χ2n) is 5.72. The van der Waals surface area contributed by atoms with Gasteiger partial charge in [0.25, 0.3) is 0 Å². The summed E-state index contributed by atoms with van der Waals surface area (Å²) in [6.07, 6.45) is 1.58. The number of rotatable bonds is 5. The van der Waals surface area contributed by atoms with Gasteiger partial charge in [-0.1, -0.05) is 22.9 Å². The number of hydrogen-bond acceptors (Lipinski definition) is 2. The summed E-state index contributed by atoms with van der Waals surface area (Å²) in [5.41, 5.74) is 1.89. The molecule has 1 saturated carbocycles. The summed E-state index contributed by atoms with van der Waals surface area (Å²) in [5, 5.41) is 9.43. The molecule has 0 spiro atoms. The number of aryl methyl sites for hydroxylation is 1. The maximum Gasteiger partial charge on any atom is 0.226 e. The molecule has 1 aliphatic rings. The van der Waals surface area contributed by atoms with Gasteiger partial charge < -0.3 is 16.0 Å². The molecule has 2 unspecified atom stereocenters. The number of halogens is 2. The van der Waals surface area contributed by atoms with Crippen LogP contribution >= 0.6 is 39.9 Å². The average molecular weight is 495 g/mol. The van der Waals surface area contributed by atoms with Gasteiger partial charge >= 0.3 is 0 Å². The van der Waals surface area contributed by atoms with Crippen molar-refractivity contribution in [1.82, 2.24) is 10.6 Å². The molecule has 0 bridgehead atoms. The lowest BCUT2D eigenvalue weighted by Crippen LogP contribution is -2.40. The summed E-state index contributed by atoms with van der Waals surface area (Å²) in [7, 11) is 1.74. The fraction of sp³-hybridized carbons (Fsp3) is 0.500. The fourth-order valence-electron chi connectivity index (χ4n) is 2.17. The van der Waals surface area contributed by atoms with E-state index in [1.54, 1.807) is 7.05 Å². The Labute approximate surface area is 163 Å². The molecule has 2 rings (SSSR count). The summed E-state index contributed by atoms with van der Waals surface area (Å²) in [4.78, 5) is 16.1. The van der Waals surface area contributed by atoms with Gasteiger partial charge in [0, 0.05) is 36.2 Å². The normalized spacial score (nSPS) is 19.6. The average Bonchev–Trinajstić information content (AvgIpc) is 3.16. The van der Waals surface area contributed by atoms with Crippen molar-refractivity contribution < 1.29 is 4.79 Å². The quantitative estimate of drug-likeness (QED) is 0.334. The predicted molar refractivity (Wildman–Crippen MR) is 110 cm³/mol. The first-order valence-corrected chi connectivity index (χ1v) is 8.32. The molecule has 0 aliphatic heterocycles. The Hall–Kier alpha value is -0.830. The van der Waals surface area contributed by atoms with Gasteiger partial charge in [-0.15, -0.1) is 24.0 Å². The second-order valence-corrected chi connectivity index (χ2v) is 6.64. The Bertz CT molecular complexity index is 579. The Morgan fingerprint density at radius 1 is 1.43 bits per heavy atom. The van der Waals surface area contributed by atoms with E-state index in [0.29, 0.717) is 24.9 Å². The van der Waals surface area contributed by atoms with Crippen LogP contribution in [0.1, 0.15) is 25.3 Å². The van der Waals surface area contributed by atoms with Crippen LogP contribution in [0.4, 0.5) is 5.69 Å². The smallest absolute Gasteiger partial charge is 0.226 e. The van der Waals surface area contributed by atoms with E-state index in [1.807, 2.05) is 25.1 Å². The van der Waals surface area contributed by atoms with Gasteiger partial charge in [0.2, 0.25) is 5.91 Å². The molecule has 5 nitrogen and oxygen atoms in total. The Kier molecular flexibility index (Phi) is 8.32. The van der Waals surface area contributed by atoms with Gasteiger partial charge in [-0.3, -0.25) is 9.79 Å². The highest BCUT2D eigenvalue weighted by Gasteiger charge is 2.33. The molecule has 1 aromatic carbocycles. The topological polar surface area (TPSA) is 65.5 Å². The summed E-state index contributed by atoms with van der Waals surface area (Å²) in [6, 6.07) is 6.32. The SMILES string of the molecule is CN=C(NCCC(=O)Nc1ccc(Br)cc1C)NC1CC1C.I. The first-order valence-electron chi connectivity index (χ1n) is 7.52. The van der Waals surface area contributed by atoms with Gasteiger partial charge in [-0.2, -0.15) is 0 Å². The van der Waals surface area contributed by atoms with Gasteiger partial charge in [-0.05, 0) is 43.0 Å². The Balaban J connectivity index is 0.00000264. The van der Waals surface area contributed by atoms with E-state index in [2.05, 4.69) is 43.8 Å². The van der Waals surface area contributed by atoms with Crippen LogP contribution in [-0.4, -0.2) is 31.5 Å². The van der Waals surface area contributed by atoms with Crippen molar-refractivity contribution in [1.29, 1.82) is 0 Å². The summed E-state index contributed by atoms with van der Waals surface area (Å²) >= 11 is 3.41. The number of nitrogens with one attached hydrogen (secondary N) is 3. The zero-order valence-corrected chi connectivity index (χ0v) is 17.6. The van der Waals surface area contributed by atoms with Crippen molar-refractivity contribution in [2.45, 2.75) is 32.7 Å². The largest absolute Gasteiger partial charge is 0.356 e. The lowest BCUT2D eigenvalue weighted by Gasteiger charge is -2.12. The van der Waals surface area contributed by atoms with Gasteiger partial charge in [0.1, 0.15) is 0 Å². The van der Waals surface area contributed by atoms with Crippen molar-refractivity contribution in [3.8, 4) is 0 Å². The molecule has 0 saturated heterocycles. The molecular weight excluding hydrogens is 471 g/mol. The molecular formula is C16H24BrIN4O. The monoisotopic (exact) mass is 494 g/mol. The maximum absolute atomic E-state index is 12.0. The van der Waals surface area contributed by atoms with Crippen LogP contribution in [0.5, 0.6) is 0 Å². The van der Waals surface area contributed by atoms with Crippen LogP contribution in [0, 0.1) is 12.8 Å². The minimum atomic E-state index is -0.00633. The standard InChI is InChI=1S/C16H23BrN4O.HI/c1-10-8-12(17)4-5-13(10)20-15(22)6-7-19-16(18-3)21-14-9-11(14)2;/h4-5,8,11,14H,6-7,9H2,1-3H3,(H,20,22)(H2,18,19,21);1H. The zero-order chi connectivity index (χ0) is 16.1. The van der Waals surface area contributed by atoms with Crippen molar-refractivity contribution >= 4 is 57.5 Å². The molecule has 2 atom stereocenters. The lowest BCUT2D eigenvalue weighted by atomic mass is 10.2. The van der Waals surface area contributed by atoms with Crippen LogP contribution in [0.25, 0.3) is 0 Å². The third-order valence-corrected chi connectivity index (χ3v) is 4.26. The Morgan fingerprint density at radius 2 is 2.13 bits per heavy atom. The molecule has 7 heteroatoms. The summed E-state index contributed by atoms with van der Waals surface area (Å²) < 4.78 is 1.01. The second kappa shape index (κ2) is 9.46. The first kappa shape index (κ1) is 20.2. The van der Waals surface area contributed by atoms with E-state index in [-0.39, 0.29) is 29.9 Å². The van der Waals surface area contributed by atoms with E-state index in [4.69, 9.17) is 0 Å². The lowest BCUT2D eigenvalue weighted by molar-refractivity contribution is -0.116. The molecule has 128 valence electrons. The molecule has 0 heterocycles. The third-order valence-electron chi connectivity index (χ3n) is 3.76. The highest BCUT2D eigenvalue weighted by molar-refractivity contribution is 14.0. The zero-order valence-electron chi connectivity index (χ0n) is 13.6. The van der Waals surface area contributed by atoms with Crippen LogP contribution in [0.3, 0.4) is 0 Å². The van der Waals surface area contributed by atoms with E-state index >= 15 is 0 Å². The van der Waals surface area contributed by atoms with Crippen LogP contribution in [0.2, 0.25) is 0 Å². The molecule has 23 heavy (non-hydrogen) atoms. The van der Waals surface area contributed by atoms with E-state index in [9.17, 15) is 4.79 Å². The van der Waals surface area contributed by atoms with E-state index < -0.39 is 0 Å². The molecule has 1 aromatic rings. The highest BCUT2D eigenvalue weighted by atomic mass is 127. The van der Waals surface area contributed by atoms with E-state index in [0.717, 1.165) is 21.7 Å². The number of hydrogen-bond donors (Lipinski definition) is 3. The van der Waals surface area contributed by atoms with Crippen LogP contribution < -0.4 is 16.0 Å². The number of anilines is 1. The van der Waals surface area contributed by atoms with E-state index in [1.165, 1.54) is 6.42 Å². The molecule has 0 aromatic heterocycles. The van der Waals surface area contributed by atoms with Crippen molar-refractivity contribution in [2.75, 3.05) is 18.9 Å². The van der Waals surface area contributed by atoms with Gasteiger partial charge in [0.15, 0.2) is 5.96 Å². The van der Waals surface area contributed by atoms with Gasteiger partial charge in [-0.25, -0.2) is 0 Å². The molecule has 1 aliphatic carbocycles. The number of carbonyl (C=O) groups excluding carboxylic acids is 1. The number of amides is 1. The molecule has 0 radical (unpaired) electrons. The minimum Gasteiger partial charge on any atom is -0.356 e. The number of benzene rings is 1. The maximum atomic E-state index is 12.0. The number of aliphatic imine (C=N–C) groups is 1. The molecule has 3 N–H and O–H groups in total. The van der Waals surface area contributed by atoms with Crippen molar-refractivity contribution in [3.05, 3.63) is 28.2 Å². The molecule has 1 fully saturated rings. The highest BCUT2D eigenvalue weighted by Crippen LogP contribution is 2.28. The Morgan fingerprint density at radius 3 is 2.70 bits per heavy atom. The minimum absolute atomic E-state index is 0. The number of guanidine groups is 1. The number of carbonyl (C=O) groups is 1. The van der Waals surface area contributed by atoms with Crippen molar-refractivity contribution in [2.24, 2.45) is 10.9 Å². The third kappa shape index (κ3) is 6.66. The summed E-state index contributed by atoms with van der Waals surface area (Å²) in [5.74, 6) is 1.47. The van der Waals surface area contributed by atoms with Crippen molar-refractivity contribution in [3.63, 3.8) is 0 Å². The summed E-state index contributed by atoms with van der Waals surface area (Å²) in [6.45, 7) is 4.74. The molecule has 1 amide bonds. The number of nitrogens with zero attached hydrogens (tertiary/aromatic N) is 1.